The highest BCUT2D eigenvalue weighted by Gasteiger charge is 2.48. The van der Waals surface area contributed by atoms with Gasteiger partial charge in [0.15, 0.2) is 18.0 Å². The summed E-state index contributed by atoms with van der Waals surface area (Å²) in [7, 11) is 0. The number of Topliss-reactive ketones (excluding diaryl/α,β-unsaturated/α-hetero) is 1. The zero-order valence-corrected chi connectivity index (χ0v) is 23.8. The van der Waals surface area contributed by atoms with Crippen molar-refractivity contribution in [2.24, 2.45) is 0 Å². The maximum absolute atomic E-state index is 12.9. The van der Waals surface area contributed by atoms with Crippen LogP contribution in [0.25, 0.3) is 6.08 Å². The van der Waals surface area contributed by atoms with Gasteiger partial charge in [0.2, 0.25) is 6.29 Å². The number of aliphatic hydroxyl groups excluding tert-OH is 2. The third kappa shape index (κ3) is 7.34. The van der Waals surface area contributed by atoms with E-state index in [-0.39, 0.29) is 35.0 Å². The number of benzene rings is 3. The molecule has 13 heteroatoms. The summed E-state index contributed by atoms with van der Waals surface area (Å²) in [6, 6.07) is 14.6. The summed E-state index contributed by atoms with van der Waals surface area (Å²) in [4.78, 5) is 37.0. The Morgan fingerprint density at radius 1 is 0.956 bits per heavy atom. The molecule has 5 N–H and O–H groups in total. The molecule has 1 saturated heterocycles. The van der Waals surface area contributed by atoms with Crippen LogP contribution < -0.4 is 9.47 Å². The van der Waals surface area contributed by atoms with Gasteiger partial charge in [-0.15, -0.1) is 0 Å². The molecule has 236 valence electrons. The molecular formula is C32H30O13. The predicted octanol–water partition coefficient (Wildman–Crippen LogP) is 2.52. The molecule has 6 atom stereocenters. The number of ether oxygens (including phenoxy) is 5. The van der Waals surface area contributed by atoms with E-state index in [2.05, 4.69) is 0 Å². The van der Waals surface area contributed by atoms with Gasteiger partial charge >= 0.3 is 11.9 Å². The van der Waals surface area contributed by atoms with E-state index in [4.69, 9.17) is 23.7 Å². The Bertz CT molecular complexity index is 1580. The van der Waals surface area contributed by atoms with E-state index in [9.17, 15) is 39.9 Å². The van der Waals surface area contributed by atoms with Gasteiger partial charge in [-0.25, -0.2) is 4.79 Å². The van der Waals surface area contributed by atoms with Gasteiger partial charge in [0.1, 0.15) is 59.2 Å². The Balaban J connectivity index is 1.32. The number of ketones is 1. The molecule has 3 aromatic carbocycles. The standard InChI is InChI=1S/C32H30O13/c1-16(33)42-31-29(39)26(15-41-27(38)11-4-17-2-7-19(34)8-3-17)45-32(30(31)40)43-21-12-22(36)28-23(37)14-24(44-25(28)13-21)18-5-9-20(35)10-6-18/h2-13,24,26,29-32,34-36,39-40H,14-15H2,1H3/t24-,26+,29+,30+,31-,32+/m0/s1. The number of esters is 2. The molecule has 1 fully saturated rings. The number of rotatable bonds is 8. The van der Waals surface area contributed by atoms with Crippen molar-refractivity contribution < 1.29 is 63.6 Å². The Morgan fingerprint density at radius 2 is 1.62 bits per heavy atom. The highest BCUT2D eigenvalue weighted by Crippen LogP contribution is 2.42. The quantitative estimate of drug-likeness (QED) is 0.182. The molecule has 0 radical (unpaired) electrons. The van der Waals surface area contributed by atoms with Crippen LogP contribution in [0, 0.1) is 0 Å². The summed E-state index contributed by atoms with van der Waals surface area (Å²) in [6.07, 6.45) is -6.03. The molecule has 13 nitrogen and oxygen atoms in total. The van der Waals surface area contributed by atoms with Crippen molar-refractivity contribution in [3.05, 3.63) is 83.4 Å². The molecule has 0 unspecified atom stereocenters. The first-order valence-corrected chi connectivity index (χ1v) is 13.8. The molecule has 45 heavy (non-hydrogen) atoms. The lowest BCUT2D eigenvalue weighted by molar-refractivity contribution is -0.281. The first-order chi connectivity index (χ1) is 21.5. The van der Waals surface area contributed by atoms with Crippen molar-refractivity contribution in [2.45, 2.75) is 50.2 Å². The van der Waals surface area contributed by atoms with Gasteiger partial charge in [0.05, 0.1) is 6.42 Å². The molecule has 5 rings (SSSR count). The normalized spacial score (nSPS) is 24.4. The third-order valence-corrected chi connectivity index (χ3v) is 7.13. The van der Waals surface area contributed by atoms with Crippen molar-refractivity contribution in [3.63, 3.8) is 0 Å². The minimum absolute atomic E-state index is 0.00732. The Morgan fingerprint density at radius 3 is 2.29 bits per heavy atom. The number of fused-ring (bicyclic) bond motifs is 1. The van der Waals surface area contributed by atoms with Crippen LogP contribution in [0.3, 0.4) is 0 Å². The molecule has 0 spiro atoms. The third-order valence-electron chi connectivity index (χ3n) is 7.13. The fourth-order valence-electron chi connectivity index (χ4n) is 4.92. The maximum atomic E-state index is 12.9. The Hall–Kier alpha value is -5.11. The van der Waals surface area contributed by atoms with Gasteiger partial charge in [-0.1, -0.05) is 24.3 Å². The summed E-state index contributed by atoms with van der Waals surface area (Å²) >= 11 is 0. The second-order valence-corrected chi connectivity index (χ2v) is 10.4. The number of aliphatic hydroxyl groups is 2. The number of carbonyl (C=O) groups is 3. The molecular weight excluding hydrogens is 592 g/mol. The van der Waals surface area contributed by atoms with Gasteiger partial charge in [-0.05, 0) is 41.5 Å². The minimum Gasteiger partial charge on any atom is -0.508 e. The second kappa shape index (κ2) is 13.3. The topological polar surface area (TPSA) is 199 Å². The van der Waals surface area contributed by atoms with E-state index < -0.39 is 66.9 Å². The number of carbonyl (C=O) groups excluding carboxylic acids is 3. The average Bonchev–Trinajstić information content (AvgIpc) is 2.99. The van der Waals surface area contributed by atoms with E-state index >= 15 is 0 Å². The summed E-state index contributed by atoms with van der Waals surface area (Å²) in [5, 5.41) is 51.3. The van der Waals surface area contributed by atoms with Crippen LogP contribution in [0.5, 0.6) is 28.7 Å². The van der Waals surface area contributed by atoms with Gasteiger partial charge in [-0.3, -0.25) is 9.59 Å². The molecule has 0 amide bonds. The molecule has 2 heterocycles. The van der Waals surface area contributed by atoms with E-state index in [1.54, 1.807) is 24.3 Å². The monoisotopic (exact) mass is 622 g/mol. The molecule has 0 aromatic heterocycles. The number of phenolic OH excluding ortho intramolecular Hbond substituents is 3. The van der Waals surface area contributed by atoms with Crippen LogP contribution in [-0.4, -0.2) is 80.6 Å². The van der Waals surface area contributed by atoms with E-state index in [0.717, 1.165) is 19.1 Å². The van der Waals surface area contributed by atoms with E-state index in [0.29, 0.717) is 11.1 Å². The van der Waals surface area contributed by atoms with Crippen LogP contribution in [0.2, 0.25) is 0 Å². The highest BCUT2D eigenvalue weighted by molar-refractivity contribution is 6.02. The van der Waals surface area contributed by atoms with Gasteiger partial charge < -0.3 is 49.2 Å². The molecule has 0 bridgehead atoms. The van der Waals surface area contributed by atoms with Crippen LogP contribution in [0.1, 0.15) is 40.9 Å². The van der Waals surface area contributed by atoms with Gasteiger partial charge in [0, 0.05) is 25.1 Å². The SMILES string of the molecule is CC(=O)O[C@@H]1[C@@H](O)[C@H](Oc2cc(O)c3c(c2)O[C@H](c2ccc(O)cc2)CC3=O)O[C@H](COC(=O)C=Cc2ccc(O)cc2)[C@H]1O. The Kier molecular flexibility index (Phi) is 9.23. The lowest BCUT2D eigenvalue weighted by atomic mass is 9.95. The van der Waals surface area contributed by atoms with Crippen molar-refractivity contribution in [2.75, 3.05) is 6.61 Å². The first kappa shape index (κ1) is 31.3. The largest absolute Gasteiger partial charge is 0.508 e. The van der Waals surface area contributed by atoms with Crippen molar-refractivity contribution in [1.29, 1.82) is 0 Å². The van der Waals surface area contributed by atoms with Crippen LogP contribution in [0.4, 0.5) is 0 Å². The van der Waals surface area contributed by atoms with Crippen molar-refractivity contribution >= 4 is 23.8 Å². The highest BCUT2D eigenvalue weighted by atomic mass is 16.7. The summed E-state index contributed by atoms with van der Waals surface area (Å²) in [6.45, 7) is 0.555. The predicted molar refractivity (Wildman–Crippen MR) is 153 cm³/mol. The number of phenols is 3. The molecule has 0 aliphatic carbocycles. The Labute approximate surface area is 256 Å². The second-order valence-electron chi connectivity index (χ2n) is 10.4. The van der Waals surface area contributed by atoms with Crippen LogP contribution >= 0.6 is 0 Å². The number of hydrogen-bond donors (Lipinski definition) is 5. The summed E-state index contributed by atoms with van der Waals surface area (Å²) in [5.41, 5.74) is 1.15. The first-order valence-electron chi connectivity index (χ1n) is 13.8. The molecule has 3 aromatic rings. The van der Waals surface area contributed by atoms with Crippen molar-refractivity contribution in [1.82, 2.24) is 0 Å². The fourth-order valence-corrected chi connectivity index (χ4v) is 4.92. The summed E-state index contributed by atoms with van der Waals surface area (Å²) in [5.74, 6) is -2.47. The van der Waals surface area contributed by atoms with E-state index in [1.165, 1.54) is 36.4 Å². The zero-order valence-electron chi connectivity index (χ0n) is 23.8. The fraction of sp³-hybridized carbons (Fsp3) is 0.281. The number of hydrogen-bond acceptors (Lipinski definition) is 13. The molecule has 2 aliphatic heterocycles. The minimum atomic E-state index is -1.73. The van der Waals surface area contributed by atoms with Gasteiger partial charge in [-0.2, -0.15) is 0 Å². The summed E-state index contributed by atoms with van der Waals surface area (Å²) < 4.78 is 27.8. The van der Waals surface area contributed by atoms with E-state index in [1.807, 2.05) is 0 Å². The maximum Gasteiger partial charge on any atom is 0.330 e. The molecule has 2 aliphatic rings. The van der Waals surface area contributed by atoms with Gasteiger partial charge in [0.25, 0.3) is 0 Å². The smallest absolute Gasteiger partial charge is 0.330 e. The lowest BCUT2D eigenvalue weighted by Gasteiger charge is -2.41. The van der Waals surface area contributed by atoms with Crippen LogP contribution in [-0.2, 0) is 23.8 Å². The van der Waals surface area contributed by atoms with Crippen LogP contribution in [0.15, 0.2) is 66.7 Å². The molecule has 0 saturated carbocycles. The lowest BCUT2D eigenvalue weighted by Crippen LogP contribution is -2.61. The van der Waals surface area contributed by atoms with Crippen molar-refractivity contribution in [3.8, 4) is 28.7 Å². The number of aromatic hydroxyl groups is 3. The zero-order chi connectivity index (χ0) is 32.2. The average molecular weight is 623 g/mol.